The highest BCUT2D eigenvalue weighted by Gasteiger charge is 2.24. The number of hydrogen-bond donors (Lipinski definition) is 0. The Hall–Kier alpha value is -7.94. The van der Waals surface area contributed by atoms with Crippen LogP contribution in [-0.4, -0.2) is 0 Å². The van der Waals surface area contributed by atoms with Gasteiger partial charge in [-0.1, -0.05) is 194 Å². The van der Waals surface area contributed by atoms with Crippen molar-refractivity contribution >= 4 is 49.6 Å². The van der Waals surface area contributed by atoms with Crippen molar-refractivity contribution in [3.8, 4) is 55.8 Å². The summed E-state index contributed by atoms with van der Waals surface area (Å²) in [6.45, 7) is 0. The minimum Gasteiger partial charge on any atom is -0.455 e. The fraction of sp³-hybridized carbons (Fsp3) is 0. The van der Waals surface area contributed by atoms with Crippen LogP contribution in [0.1, 0.15) is 0 Å². The largest absolute Gasteiger partial charge is 0.455 e. The molecule has 2 nitrogen and oxygen atoms in total. The molecule has 0 atom stereocenters. The third kappa shape index (κ3) is 6.32. The van der Waals surface area contributed by atoms with Gasteiger partial charge in [-0.2, -0.15) is 0 Å². The van der Waals surface area contributed by atoms with E-state index < -0.39 is 0 Å². The molecule has 0 aliphatic carbocycles. The van der Waals surface area contributed by atoms with Crippen molar-refractivity contribution in [2.75, 3.05) is 4.90 Å². The van der Waals surface area contributed by atoms with Crippen LogP contribution in [0.3, 0.4) is 0 Å². The number of hydrogen-bond acceptors (Lipinski definition) is 2. The summed E-state index contributed by atoms with van der Waals surface area (Å²) in [5.74, 6) is 0.846. The Morgan fingerprint density at radius 2 is 0.717 bits per heavy atom. The zero-order valence-corrected chi connectivity index (χ0v) is 32.9. The summed E-state index contributed by atoms with van der Waals surface area (Å²) in [6, 6.07) is 84.6. The molecule has 0 saturated carbocycles. The van der Waals surface area contributed by atoms with Gasteiger partial charge in [-0.3, -0.25) is 0 Å². The van der Waals surface area contributed by atoms with E-state index in [1.165, 1.54) is 49.4 Å². The first kappa shape index (κ1) is 35.2. The number of benzene rings is 10. The lowest BCUT2D eigenvalue weighted by Gasteiger charge is -2.28. The van der Waals surface area contributed by atoms with Gasteiger partial charge in [-0.15, -0.1) is 0 Å². The first-order valence-corrected chi connectivity index (χ1v) is 20.5. The zero-order valence-electron chi connectivity index (χ0n) is 32.9. The molecule has 0 N–H and O–H groups in total. The summed E-state index contributed by atoms with van der Waals surface area (Å²) in [4.78, 5) is 2.36. The second-order valence-corrected chi connectivity index (χ2v) is 15.2. The maximum Gasteiger partial charge on any atom is 0.145 e. The molecular formula is C58H39NO. The van der Waals surface area contributed by atoms with E-state index in [0.717, 1.165) is 56.0 Å². The Labute approximate surface area is 349 Å². The maximum absolute atomic E-state index is 6.84. The van der Waals surface area contributed by atoms with Crippen LogP contribution in [0.25, 0.3) is 88.3 Å². The van der Waals surface area contributed by atoms with Crippen molar-refractivity contribution in [3.05, 3.63) is 237 Å². The van der Waals surface area contributed by atoms with E-state index in [1.807, 2.05) is 6.07 Å². The molecule has 60 heavy (non-hydrogen) atoms. The fourth-order valence-corrected chi connectivity index (χ4v) is 8.80. The van der Waals surface area contributed by atoms with Crippen LogP contribution in [0, 0.1) is 0 Å². The molecule has 0 radical (unpaired) electrons. The van der Waals surface area contributed by atoms with E-state index >= 15 is 0 Å². The molecule has 0 bridgehead atoms. The molecule has 1 heterocycles. The van der Waals surface area contributed by atoms with Crippen LogP contribution in [0.2, 0.25) is 0 Å². The highest BCUT2D eigenvalue weighted by Crippen LogP contribution is 2.47. The van der Waals surface area contributed by atoms with Crippen LogP contribution in [0.5, 0.6) is 0 Å². The molecule has 0 unspecified atom stereocenters. The van der Waals surface area contributed by atoms with Crippen LogP contribution in [0.4, 0.5) is 17.1 Å². The normalized spacial score (nSPS) is 11.3. The van der Waals surface area contributed by atoms with Crippen molar-refractivity contribution < 1.29 is 4.42 Å². The van der Waals surface area contributed by atoms with E-state index in [9.17, 15) is 0 Å². The smallest absolute Gasteiger partial charge is 0.145 e. The van der Waals surface area contributed by atoms with Gasteiger partial charge >= 0.3 is 0 Å². The van der Waals surface area contributed by atoms with Crippen molar-refractivity contribution in [3.63, 3.8) is 0 Å². The molecule has 10 aromatic carbocycles. The molecule has 0 aliphatic heterocycles. The van der Waals surface area contributed by atoms with E-state index in [0.29, 0.717) is 0 Å². The van der Waals surface area contributed by atoms with Crippen molar-refractivity contribution in [1.82, 2.24) is 0 Å². The molecule has 282 valence electrons. The van der Waals surface area contributed by atoms with E-state index in [2.05, 4.69) is 235 Å². The highest BCUT2D eigenvalue weighted by atomic mass is 16.3. The Morgan fingerprint density at radius 3 is 1.33 bits per heavy atom. The topological polar surface area (TPSA) is 16.4 Å². The number of nitrogens with zero attached hydrogens (tertiary/aromatic N) is 1. The Bertz CT molecular complexity index is 3280. The predicted molar refractivity (Wildman–Crippen MR) is 253 cm³/mol. The lowest BCUT2D eigenvalue weighted by atomic mass is 9.96. The second kappa shape index (κ2) is 15.1. The summed E-state index contributed by atoms with van der Waals surface area (Å²) < 4.78 is 6.84. The maximum atomic E-state index is 6.84. The minimum absolute atomic E-state index is 0.846. The fourth-order valence-electron chi connectivity index (χ4n) is 8.80. The summed E-state index contributed by atoms with van der Waals surface area (Å²) >= 11 is 0. The summed E-state index contributed by atoms with van der Waals surface area (Å²) in [5.41, 5.74) is 14.4. The van der Waals surface area contributed by atoms with Gasteiger partial charge in [0, 0.05) is 27.9 Å². The van der Waals surface area contributed by atoms with Crippen LogP contribution < -0.4 is 4.90 Å². The van der Waals surface area contributed by atoms with Gasteiger partial charge in [0.1, 0.15) is 11.3 Å². The first-order valence-electron chi connectivity index (χ1n) is 20.5. The summed E-state index contributed by atoms with van der Waals surface area (Å²) in [6.07, 6.45) is 0. The SMILES string of the molecule is c1ccc(-c2c(-c3ccccc3N(c3ccc(-c4ccc(-c5cccc6ccccc56)cc4)cc3)c3ccc(-c4cccc5ccccc45)cc3)oc3ccccc23)cc1. The van der Waals surface area contributed by atoms with Crippen molar-refractivity contribution in [2.24, 2.45) is 0 Å². The minimum atomic E-state index is 0.846. The average Bonchev–Trinajstić information content (AvgIpc) is 3.72. The molecule has 11 rings (SSSR count). The van der Waals surface area contributed by atoms with Crippen molar-refractivity contribution in [1.29, 1.82) is 0 Å². The second-order valence-electron chi connectivity index (χ2n) is 15.2. The molecule has 0 aliphatic rings. The predicted octanol–water partition coefficient (Wildman–Crippen LogP) is 16.5. The lowest BCUT2D eigenvalue weighted by molar-refractivity contribution is 0.632. The Kier molecular flexibility index (Phi) is 8.87. The molecule has 0 fully saturated rings. The van der Waals surface area contributed by atoms with Gasteiger partial charge in [0.25, 0.3) is 0 Å². The molecule has 0 saturated heterocycles. The molecule has 0 spiro atoms. The Balaban J connectivity index is 1.03. The molecule has 2 heteroatoms. The Morgan fingerprint density at radius 1 is 0.283 bits per heavy atom. The molecular weight excluding hydrogens is 727 g/mol. The number of para-hydroxylation sites is 2. The quantitative estimate of drug-likeness (QED) is 0.153. The molecule has 0 amide bonds. The van der Waals surface area contributed by atoms with Gasteiger partial charge in [-0.05, 0) is 103 Å². The lowest BCUT2D eigenvalue weighted by Crippen LogP contribution is -2.11. The third-order valence-electron chi connectivity index (χ3n) is 11.7. The van der Waals surface area contributed by atoms with Crippen molar-refractivity contribution in [2.45, 2.75) is 0 Å². The summed E-state index contributed by atoms with van der Waals surface area (Å²) in [5, 5.41) is 6.09. The molecule has 11 aromatic rings. The number of furan rings is 1. The van der Waals surface area contributed by atoms with Crippen LogP contribution >= 0.6 is 0 Å². The molecule has 1 aromatic heterocycles. The number of anilines is 3. The highest BCUT2D eigenvalue weighted by molar-refractivity contribution is 6.04. The van der Waals surface area contributed by atoms with Gasteiger partial charge in [0.05, 0.1) is 5.69 Å². The van der Waals surface area contributed by atoms with Crippen LogP contribution in [-0.2, 0) is 0 Å². The summed E-state index contributed by atoms with van der Waals surface area (Å²) in [7, 11) is 0. The average molecular weight is 766 g/mol. The standard InChI is InChI=1S/C58H39NO/c1-2-16-46(17-3-1)57-54-23-9-11-27-56(54)60-58(57)53-22-8-10-26-55(53)59(48-38-34-45(35-39-48)52-25-13-19-43-15-5-7-21-50(43)52)47-36-32-41(33-37-47)40-28-30-44(31-29-40)51-24-12-18-42-14-4-6-20-49(42)51/h1-39H. The van der Waals surface area contributed by atoms with Gasteiger partial charge in [0.2, 0.25) is 0 Å². The number of fused-ring (bicyclic) bond motifs is 3. The van der Waals surface area contributed by atoms with E-state index in [-0.39, 0.29) is 0 Å². The third-order valence-corrected chi connectivity index (χ3v) is 11.7. The van der Waals surface area contributed by atoms with Gasteiger partial charge in [-0.25, -0.2) is 0 Å². The number of rotatable bonds is 8. The van der Waals surface area contributed by atoms with E-state index in [4.69, 9.17) is 4.42 Å². The zero-order chi connectivity index (χ0) is 39.8. The first-order chi connectivity index (χ1) is 29.8. The van der Waals surface area contributed by atoms with Gasteiger partial charge < -0.3 is 9.32 Å². The monoisotopic (exact) mass is 765 g/mol. The van der Waals surface area contributed by atoms with Gasteiger partial charge in [0.15, 0.2) is 0 Å². The van der Waals surface area contributed by atoms with E-state index in [1.54, 1.807) is 0 Å². The van der Waals surface area contributed by atoms with Crippen LogP contribution in [0.15, 0.2) is 241 Å².